The van der Waals surface area contributed by atoms with E-state index in [4.69, 9.17) is 10.5 Å². The number of nitrogens with two attached hydrogens (primary N) is 1. The fourth-order valence-corrected chi connectivity index (χ4v) is 2.21. The summed E-state index contributed by atoms with van der Waals surface area (Å²) >= 11 is 0. The molecular weight excluding hydrogens is 262 g/mol. The van der Waals surface area contributed by atoms with Crippen LogP contribution in [0.2, 0.25) is 0 Å². The monoisotopic (exact) mass is 281 g/mol. The molecule has 0 aromatic carbocycles. The molecule has 2 amide bonds. The van der Waals surface area contributed by atoms with Crippen LogP contribution in [-0.2, 0) is 16.6 Å². The maximum absolute atomic E-state index is 12.6. The van der Waals surface area contributed by atoms with E-state index in [1.54, 1.807) is 7.05 Å². The van der Waals surface area contributed by atoms with Crippen LogP contribution in [-0.4, -0.2) is 58.8 Å². The second kappa shape index (κ2) is 5.91. The van der Waals surface area contributed by atoms with Crippen molar-refractivity contribution in [2.75, 3.05) is 32.0 Å². The summed E-state index contributed by atoms with van der Waals surface area (Å²) in [6.07, 6.45) is 1.43. The van der Waals surface area contributed by atoms with Crippen LogP contribution in [0.3, 0.4) is 0 Å². The molecule has 1 unspecified atom stereocenters. The van der Waals surface area contributed by atoms with Crippen LogP contribution in [0, 0.1) is 0 Å². The first-order valence-corrected chi connectivity index (χ1v) is 6.50. The molecular formula is C12H19N5O3. The van der Waals surface area contributed by atoms with Crippen molar-refractivity contribution in [2.45, 2.75) is 13.0 Å². The van der Waals surface area contributed by atoms with Gasteiger partial charge in [0.15, 0.2) is 0 Å². The summed E-state index contributed by atoms with van der Waals surface area (Å²) in [6, 6.07) is -0.634. The Morgan fingerprint density at radius 1 is 1.60 bits per heavy atom. The Balaban J connectivity index is 2.24. The molecule has 2 rings (SSSR count). The Labute approximate surface area is 116 Å². The highest BCUT2D eigenvalue weighted by molar-refractivity contribution is 6.00. The van der Waals surface area contributed by atoms with Crippen molar-refractivity contribution in [3.8, 4) is 0 Å². The molecule has 0 radical (unpaired) electrons. The summed E-state index contributed by atoms with van der Waals surface area (Å²) < 4.78 is 6.72. The molecule has 0 bridgehead atoms. The minimum atomic E-state index is -0.634. The summed E-state index contributed by atoms with van der Waals surface area (Å²) in [5.74, 6) is -0.525. The number of hydrogen-bond acceptors (Lipinski definition) is 5. The molecule has 0 spiro atoms. The molecule has 1 aliphatic heterocycles. The Kier molecular flexibility index (Phi) is 4.23. The van der Waals surface area contributed by atoms with Crippen LogP contribution < -0.4 is 11.1 Å². The molecule has 8 nitrogen and oxygen atoms in total. The van der Waals surface area contributed by atoms with Crippen molar-refractivity contribution in [2.24, 2.45) is 7.05 Å². The predicted molar refractivity (Wildman–Crippen MR) is 71.9 cm³/mol. The first kappa shape index (κ1) is 14.3. The van der Waals surface area contributed by atoms with E-state index in [9.17, 15) is 9.59 Å². The van der Waals surface area contributed by atoms with Gasteiger partial charge in [-0.25, -0.2) is 0 Å². The fraction of sp³-hybridized carbons (Fsp3) is 0.583. The van der Waals surface area contributed by atoms with Gasteiger partial charge in [0.25, 0.3) is 5.91 Å². The first-order valence-electron chi connectivity index (χ1n) is 6.50. The van der Waals surface area contributed by atoms with E-state index >= 15 is 0 Å². The van der Waals surface area contributed by atoms with Gasteiger partial charge in [-0.2, -0.15) is 5.10 Å². The number of nitrogens with zero attached hydrogens (tertiary/aromatic N) is 3. The molecule has 1 atom stereocenters. The molecule has 1 fully saturated rings. The number of carbonyl (C=O) groups excluding carboxylic acids is 2. The van der Waals surface area contributed by atoms with E-state index < -0.39 is 6.04 Å². The number of anilines is 1. The zero-order valence-electron chi connectivity index (χ0n) is 11.6. The Hall–Kier alpha value is -2.09. The highest BCUT2D eigenvalue weighted by Crippen LogP contribution is 2.17. The molecule has 110 valence electrons. The molecule has 0 saturated carbocycles. The summed E-state index contributed by atoms with van der Waals surface area (Å²) in [7, 11) is 1.64. The summed E-state index contributed by atoms with van der Waals surface area (Å²) in [5, 5.41) is 6.66. The Bertz CT molecular complexity index is 494. The standard InChI is InChI=1S/C12H19N5O3/c1-3-14-11(18)9-7-20-5-4-17(9)12(19)10-8(13)6-15-16(10)2/h6,9H,3-5,7,13H2,1-2H3,(H,14,18). The van der Waals surface area contributed by atoms with Gasteiger partial charge in [0, 0.05) is 20.1 Å². The number of aromatic nitrogens is 2. The molecule has 1 aliphatic rings. The van der Waals surface area contributed by atoms with E-state index in [2.05, 4.69) is 10.4 Å². The fourth-order valence-electron chi connectivity index (χ4n) is 2.21. The van der Waals surface area contributed by atoms with Crippen molar-refractivity contribution in [3.63, 3.8) is 0 Å². The highest BCUT2D eigenvalue weighted by atomic mass is 16.5. The van der Waals surface area contributed by atoms with Crippen LogP contribution in [0.1, 0.15) is 17.4 Å². The summed E-state index contributed by atoms with van der Waals surface area (Å²) in [6.45, 7) is 3.28. The number of hydrogen-bond donors (Lipinski definition) is 2. The third-order valence-corrected chi connectivity index (χ3v) is 3.21. The first-order chi connectivity index (χ1) is 9.56. The predicted octanol–water partition coefficient (Wildman–Crippen LogP) is -1.02. The number of aryl methyl sites for hydroxylation is 1. The Morgan fingerprint density at radius 2 is 2.35 bits per heavy atom. The second-order valence-corrected chi connectivity index (χ2v) is 4.56. The number of carbonyl (C=O) groups is 2. The third-order valence-electron chi connectivity index (χ3n) is 3.21. The lowest BCUT2D eigenvalue weighted by Crippen LogP contribution is -2.56. The number of morpholine rings is 1. The van der Waals surface area contributed by atoms with Crippen molar-refractivity contribution in [1.29, 1.82) is 0 Å². The number of likely N-dealkylation sites (N-methyl/N-ethyl adjacent to an activating group) is 1. The third kappa shape index (κ3) is 2.60. The average molecular weight is 281 g/mol. The minimum Gasteiger partial charge on any atom is -0.396 e. The zero-order valence-corrected chi connectivity index (χ0v) is 11.6. The van der Waals surface area contributed by atoms with Crippen molar-refractivity contribution in [1.82, 2.24) is 20.0 Å². The van der Waals surface area contributed by atoms with Crippen molar-refractivity contribution >= 4 is 17.5 Å². The number of nitrogens with one attached hydrogen (secondary N) is 1. The van der Waals surface area contributed by atoms with Gasteiger partial charge in [-0.15, -0.1) is 0 Å². The molecule has 20 heavy (non-hydrogen) atoms. The zero-order chi connectivity index (χ0) is 14.7. The van der Waals surface area contributed by atoms with Gasteiger partial charge in [-0.3, -0.25) is 14.3 Å². The van der Waals surface area contributed by atoms with Crippen LogP contribution in [0.4, 0.5) is 5.69 Å². The molecule has 0 aliphatic carbocycles. The topological polar surface area (TPSA) is 102 Å². The van der Waals surface area contributed by atoms with Gasteiger partial charge in [0.2, 0.25) is 5.91 Å². The largest absolute Gasteiger partial charge is 0.396 e. The van der Waals surface area contributed by atoms with E-state index in [0.29, 0.717) is 31.1 Å². The maximum atomic E-state index is 12.6. The van der Waals surface area contributed by atoms with Gasteiger partial charge in [-0.05, 0) is 6.92 Å². The molecule has 2 heterocycles. The molecule has 1 aromatic heterocycles. The van der Waals surface area contributed by atoms with Crippen molar-refractivity contribution in [3.05, 3.63) is 11.9 Å². The number of ether oxygens (including phenoxy) is 1. The lowest BCUT2D eigenvalue weighted by atomic mass is 10.2. The van der Waals surface area contributed by atoms with Crippen LogP contribution in [0.25, 0.3) is 0 Å². The average Bonchev–Trinajstić information content (AvgIpc) is 2.78. The minimum absolute atomic E-state index is 0.190. The maximum Gasteiger partial charge on any atom is 0.275 e. The van der Waals surface area contributed by atoms with E-state index in [1.807, 2.05) is 6.92 Å². The molecule has 1 aromatic rings. The SMILES string of the molecule is CCNC(=O)C1COCCN1C(=O)c1c(N)cnn1C. The molecule has 8 heteroatoms. The van der Waals surface area contributed by atoms with Crippen LogP contribution in [0.15, 0.2) is 6.20 Å². The van der Waals surface area contributed by atoms with E-state index in [0.717, 1.165) is 0 Å². The van der Waals surface area contributed by atoms with E-state index in [-0.39, 0.29) is 18.4 Å². The quantitative estimate of drug-likeness (QED) is 0.738. The van der Waals surface area contributed by atoms with Gasteiger partial charge >= 0.3 is 0 Å². The summed E-state index contributed by atoms with van der Waals surface area (Å²) in [5.41, 5.74) is 6.36. The van der Waals surface area contributed by atoms with Gasteiger partial charge < -0.3 is 20.7 Å². The lowest BCUT2D eigenvalue weighted by molar-refractivity contribution is -0.130. The number of amides is 2. The summed E-state index contributed by atoms with van der Waals surface area (Å²) in [4.78, 5) is 26.1. The second-order valence-electron chi connectivity index (χ2n) is 4.56. The van der Waals surface area contributed by atoms with Gasteiger partial charge in [-0.1, -0.05) is 0 Å². The van der Waals surface area contributed by atoms with Gasteiger partial charge in [0.05, 0.1) is 25.1 Å². The lowest BCUT2D eigenvalue weighted by Gasteiger charge is -2.34. The number of nitrogen functional groups attached to an aromatic ring is 1. The molecule has 1 saturated heterocycles. The smallest absolute Gasteiger partial charge is 0.275 e. The Morgan fingerprint density at radius 3 is 2.95 bits per heavy atom. The van der Waals surface area contributed by atoms with E-state index in [1.165, 1.54) is 15.8 Å². The van der Waals surface area contributed by atoms with Crippen LogP contribution >= 0.6 is 0 Å². The number of rotatable bonds is 3. The normalized spacial score (nSPS) is 18.9. The van der Waals surface area contributed by atoms with Gasteiger partial charge in [0.1, 0.15) is 11.7 Å². The highest BCUT2D eigenvalue weighted by Gasteiger charge is 2.34. The van der Waals surface area contributed by atoms with Crippen molar-refractivity contribution < 1.29 is 14.3 Å². The van der Waals surface area contributed by atoms with Crippen LogP contribution in [0.5, 0.6) is 0 Å². The molecule has 3 N–H and O–H groups in total.